The summed E-state index contributed by atoms with van der Waals surface area (Å²) in [5.74, 6) is 0.230. The van der Waals surface area contributed by atoms with Crippen molar-refractivity contribution in [3.8, 4) is 0 Å². The Labute approximate surface area is 133 Å². The summed E-state index contributed by atoms with van der Waals surface area (Å²) in [5.41, 5.74) is 1.34. The molecule has 0 amide bonds. The van der Waals surface area contributed by atoms with Gasteiger partial charge < -0.3 is 10.1 Å². The van der Waals surface area contributed by atoms with E-state index in [9.17, 15) is 8.42 Å². The van der Waals surface area contributed by atoms with E-state index in [1.165, 1.54) is 13.4 Å². The molecule has 0 radical (unpaired) electrons. The van der Waals surface area contributed by atoms with Gasteiger partial charge in [0.2, 0.25) is 11.2 Å². The van der Waals surface area contributed by atoms with Gasteiger partial charge in [0.25, 0.3) is 0 Å². The topological polar surface area (TPSA) is 94.1 Å². The number of nitrogens with one attached hydrogen (secondary N) is 1. The lowest BCUT2D eigenvalue weighted by atomic mass is 10.2. The fraction of sp³-hybridized carbons (Fsp3) is 0.308. The molecule has 9 heteroatoms. The summed E-state index contributed by atoms with van der Waals surface area (Å²) in [6.07, 6.45) is 1.29. The molecular formula is C13H15ClN4O3S. The Morgan fingerprint density at radius 3 is 2.86 bits per heavy atom. The number of hydrogen-bond donors (Lipinski definition) is 1. The number of benzene rings is 1. The van der Waals surface area contributed by atoms with Gasteiger partial charge in [0.05, 0.1) is 18.1 Å². The van der Waals surface area contributed by atoms with Gasteiger partial charge in [-0.25, -0.2) is 18.4 Å². The standard InChI is InChI=1S/C13H15ClN4O3S/c1-21-5-6-22(19,20)8-10-3-2-4-11(7-10)17-13-16-9-15-12(14)18-13/h2-4,7,9H,5-6,8H2,1H3,(H,15,16,17,18). The van der Waals surface area contributed by atoms with E-state index in [4.69, 9.17) is 16.3 Å². The molecule has 118 valence electrons. The third kappa shape index (κ3) is 5.21. The summed E-state index contributed by atoms with van der Waals surface area (Å²) < 4.78 is 28.6. The first-order valence-electron chi connectivity index (χ1n) is 6.38. The zero-order valence-electron chi connectivity index (χ0n) is 11.9. The second-order valence-corrected chi connectivity index (χ2v) is 7.01. The van der Waals surface area contributed by atoms with Crippen LogP contribution in [0.1, 0.15) is 5.56 Å². The number of nitrogens with zero attached hydrogens (tertiary/aromatic N) is 3. The van der Waals surface area contributed by atoms with Crippen LogP contribution in [0, 0.1) is 0 Å². The average molecular weight is 343 g/mol. The molecule has 0 bridgehead atoms. The number of hydrogen-bond acceptors (Lipinski definition) is 7. The van der Waals surface area contributed by atoms with E-state index in [1.54, 1.807) is 24.3 Å². The lowest BCUT2D eigenvalue weighted by Gasteiger charge is -2.08. The first kappa shape index (κ1) is 16.6. The molecule has 0 atom stereocenters. The van der Waals surface area contributed by atoms with Crippen molar-refractivity contribution in [2.45, 2.75) is 5.75 Å². The number of rotatable bonds is 7. The lowest BCUT2D eigenvalue weighted by molar-refractivity contribution is 0.217. The molecule has 0 spiro atoms. The van der Waals surface area contributed by atoms with Crippen molar-refractivity contribution in [2.75, 3.05) is 24.8 Å². The Balaban J connectivity index is 2.10. The number of anilines is 2. The third-order valence-electron chi connectivity index (χ3n) is 2.71. The predicted octanol–water partition coefficient (Wildman–Crippen LogP) is 1.83. The molecule has 1 aromatic heterocycles. The van der Waals surface area contributed by atoms with E-state index in [0.717, 1.165) is 0 Å². The van der Waals surface area contributed by atoms with Crippen molar-refractivity contribution in [2.24, 2.45) is 0 Å². The maximum Gasteiger partial charge on any atom is 0.231 e. The fourth-order valence-corrected chi connectivity index (χ4v) is 3.12. The molecule has 1 N–H and O–H groups in total. The summed E-state index contributed by atoms with van der Waals surface area (Å²) >= 11 is 5.68. The molecule has 0 saturated carbocycles. The fourth-order valence-electron chi connectivity index (χ4n) is 1.74. The van der Waals surface area contributed by atoms with Gasteiger partial charge in [0, 0.05) is 12.8 Å². The van der Waals surface area contributed by atoms with Crippen LogP contribution in [0.5, 0.6) is 0 Å². The van der Waals surface area contributed by atoms with Crippen LogP contribution in [0.2, 0.25) is 5.28 Å². The maximum absolute atomic E-state index is 11.9. The third-order valence-corrected chi connectivity index (χ3v) is 4.45. The predicted molar refractivity (Wildman–Crippen MR) is 83.9 cm³/mol. The van der Waals surface area contributed by atoms with Gasteiger partial charge in [-0.2, -0.15) is 4.98 Å². The molecule has 0 aliphatic heterocycles. The molecule has 1 heterocycles. The van der Waals surface area contributed by atoms with Crippen LogP contribution in [0.25, 0.3) is 0 Å². The highest BCUT2D eigenvalue weighted by molar-refractivity contribution is 7.90. The Bertz CT molecular complexity index is 740. The van der Waals surface area contributed by atoms with Crippen LogP contribution in [0.3, 0.4) is 0 Å². The number of halogens is 1. The molecule has 0 unspecified atom stereocenters. The van der Waals surface area contributed by atoms with E-state index >= 15 is 0 Å². The smallest absolute Gasteiger partial charge is 0.231 e. The molecule has 0 fully saturated rings. The Morgan fingerprint density at radius 2 is 2.14 bits per heavy atom. The number of aromatic nitrogens is 3. The van der Waals surface area contributed by atoms with Gasteiger partial charge in [-0.3, -0.25) is 0 Å². The van der Waals surface area contributed by atoms with Crippen molar-refractivity contribution in [1.29, 1.82) is 0 Å². The molecule has 0 aliphatic rings. The van der Waals surface area contributed by atoms with E-state index in [-0.39, 0.29) is 23.4 Å². The summed E-state index contributed by atoms with van der Waals surface area (Å²) in [7, 11) is -1.74. The summed E-state index contributed by atoms with van der Waals surface area (Å²) in [6, 6.07) is 7.01. The second kappa shape index (κ2) is 7.48. The average Bonchev–Trinajstić information content (AvgIpc) is 2.45. The highest BCUT2D eigenvalue weighted by Crippen LogP contribution is 2.17. The van der Waals surface area contributed by atoms with Crippen molar-refractivity contribution in [1.82, 2.24) is 15.0 Å². The van der Waals surface area contributed by atoms with Crippen molar-refractivity contribution in [3.63, 3.8) is 0 Å². The van der Waals surface area contributed by atoms with Crippen LogP contribution < -0.4 is 5.32 Å². The van der Waals surface area contributed by atoms with E-state index in [2.05, 4.69) is 20.3 Å². The first-order chi connectivity index (χ1) is 10.5. The molecule has 0 aliphatic carbocycles. The number of ether oxygens (including phenoxy) is 1. The van der Waals surface area contributed by atoms with E-state index < -0.39 is 9.84 Å². The molecule has 7 nitrogen and oxygen atoms in total. The van der Waals surface area contributed by atoms with Crippen LogP contribution >= 0.6 is 11.6 Å². The van der Waals surface area contributed by atoms with Crippen molar-refractivity contribution in [3.05, 3.63) is 41.4 Å². The minimum atomic E-state index is -3.21. The highest BCUT2D eigenvalue weighted by atomic mass is 35.5. The van der Waals surface area contributed by atoms with Crippen LogP contribution in [-0.2, 0) is 20.3 Å². The first-order valence-corrected chi connectivity index (χ1v) is 8.58. The lowest BCUT2D eigenvalue weighted by Crippen LogP contribution is -2.13. The molecule has 1 aromatic carbocycles. The summed E-state index contributed by atoms with van der Waals surface area (Å²) in [5, 5.41) is 3.03. The van der Waals surface area contributed by atoms with Gasteiger partial charge in [-0.05, 0) is 29.3 Å². The molecule has 22 heavy (non-hydrogen) atoms. The highest BCUT2D eigenvalue weighted by Gasteiger charge is 2.12. The number of sulfone groups is 1. The minimum Gasteiger partial charge on any atom is -0.384 e. The minimum absolute atomic E-state index is 0.00969. The van der Waals surface area contributed by atoms with Crippen LogP contribution in [0.4, 0.5) is 11.6 Å². The van der Waals surface area contributed by atoms with Crippen molar-refractivity contribution >= 4 is 33.1 Å². The second-order valence-electron chi connectivity index (χ2n) is 4.49. The van der Waals surface area contributed by atoms with Crippen LogP contribution in [-0.4, -0.2) is 42.8 Å². The van der Waals surface area contributed by atoms with E-state index in [1.807, 2.05) is 0 Å². The van der Waals surface area contributed by atoms with Gasteiger partial charge >= 0.3 is 0 Å². The van der Waals surface area contributed by atoms with Gasteiger partial charge in [-0.1, -0.05) is 12.1 Å². The summed E-state index contributed by atoms with van der Waals surface area (Å²) in [4.78, 5) is 11.5. The Kier molecular flexibility index (Phi) is 5.64. The van der Waals surface area contributed by atoms with Gasteiger partial charge in [0.15, 0.2) is 9.84 Å². The van der Waals surface area contributed by atoms with E-state index in [0.29, 0.717) is 17.2 Å². The van der Waals surface area contributed by atoms with Crippen molar-refractivity contribution < 1.29 is 13.2 Å². The molecule has 2 rings (SSSR count). The largest absolute Gasteiger partial charge is 0.384 e. The summed E-state index contributed by atoms with van der Waals surface area (Å²) in [6.45, 7) is 0.184. The zero-order chi connectivity index (χ0) is 16.0. The zero-order valence-corrected chi connectivity index (χ0v) is 13.4. The Hall–Kier alpha value is -1.77. The quantitative estimate of drug-likeness (QED) is 0.820. The monoisotopic (exact) mass is 342 g/mol. The molecule has 0 saturated heterocycles. The Morgan fingerprint density at radius 1 is 1.32 bits per heavy atom. The van der Waals surface area contributed by atoms with Gasteiger partial charge in [0.1, 0.15) is 6.33 Å². The molecule has 2 aromatic rings. The molecular weight excluding hydrogens is 328 g/mol. The SMILES string of the molecule is COCCS(=O)(=O)Cc1cccc(Nc2ncnc(Cl)n2)c1. The van der Waals surface area contributed by atoms with Gasteiger partial charge in [-0.15, -0.1) is 0 Å². The van der Waals surface area contributed by atoms with Crippen LogP contribution in [0.15, 0.2) is 30.6 Å². The number of methoxy groups -OCH3 is 1. The normalized spacial score (nSPS) is 11.4. The maximum atomic E-state index is 11.9.